The Morgan fingerprint density at radius 3 is 2.68 bits per heavy atom. The van der Waals surface area contributed by atoms with Crippen LogP contribution in [0.1, 0.15) is 48.3 Å². The number of aryl methyl sites for hydroxylation is 2. The first-order valence-corrected chi connectivity index (χ1v) is 10.1. The van der Waals surface area contributed by atoms with Gasteiger partial charge in [-0.05, 0) is 87.9 Å². The molecule has 4 rings (SSSR count). The van der Waals surface area contributed by atoms with Crippen molar-refractivity contribution in [2.45, 2.75) is 46.1 Å². The van der Waals surface area contributed by atoms with Gasteiger partial charge in [-0.2, -0.15) is 0 Å². The second kappa shape index (κ2) is 7.84. The summed E-state index contributed by atoms with van der Waals surface area (Å²) >= 11 is 0. The third-order valence-electron chi connectivity index (χ3n) is 5.80. The molecule has 28 heavy (non-hydrogen) atoms. The molecule has 1 aromatic carbocycles. The zero-order valence-electron chi connectivity index (χ0n) is 16.9. The van der Waals surface area contributed by atoms with E-state index in [1.165, 1.54) is 30.2 Å². The lowest BCUT2D eigenvalue weighted by molar-refractivity contribution is 0.131. The van der Waals surface area contributed by atoms with E-state index in [9.17, 15) is 5.11 Å². The van der Waals surface area contributed by atoms with Crippen LogP contribution in [0.3, 0.4) is 0 Å². The van der Waals surface area contributed by atoms with E-state index in [-0.39, 0.29) is 5.88 Å². The number of aromatic hydroxyl groups is 1. The van der Waals surface area contributed by atoms with E-state index >= 15 is 0 Å². The van der Waals surface area contributed by atoms with Crippen molar-refractivity contribution >= 4 is 11.0 Å². The van der Waals surface area contributed by atoms with Crippen molar-refractivity contribution in [2.75, 3.05) is 13.1 Å². The number of nitrogens with zero attached hydrogens (tertiary/aromatic N) is 4. The lowest BCUT2D eigenvalue weighted by atomic mass is 9.89. The maximum atomic E-state index is 9.51. The van der Waals surface area contributed by atoms with Crippen LogP contribution in [0, 0.1) is 19.8 Å². The summed E-state index contributed by atoms with van der Waals surface area (Å²) < 4.78 is 0. The molecule has 1 N–H and O–H groups in total. The number of rotatable bonds is 4. The maximum Gasteiger partial charge on any atom is 0.230 e. The highest BCUT2D eigenvalue weighted by atomic mass is 16.3. The summed E-state index contributed by atoms with van der Waals surface area (Å²) in [6.07, 6.45) is 5.05. The molecule has 0 saturated carbocycles. The van der Waals surface area contributed by atoms with E-state index in [1.807, 2.05) is 6.07 Å². The Morgan fingerprint density at radius 1 is 1.11 bits per heavy atom. The van der Waals surface area contributed by atoms with Crippen LogP contribution in [-0.2, 0) is 6.42 Å². The maximum absolute atomic E-state index is 9.51. The van der Waals surface area contributed by atoms with Gasteiger partial charge >= 0.3 is 0 Å². The standard InChI is InChI=1S/C23H28N4O/c1-15-9-19(10-16(2)25-15)11-18-5-4-8-27(14-18)17(3)20-6-7-21-22(12-20)24-13-23(28)26-21/h6-7,9-10,12-13,17-18H,4-5,8,11,14H2,1-3H3,(H,26,28). The number of likely N-dealkylation sites (tertiary alicyclic amines) is 1. The normalized spacial score (nSPS) is 19.0. The van der Waals surface area contributed by atoms with Gasteiger partial charge in [0.1, 0.15) is 0 Å². The Hall–Kier alpha value is -2.53. The van der Waals surface area contributed by atoms with E-state index in [4.69, 9.17) is 0 Å². The van der Waals surface area contributed by atoms with E-state index < -0.39 is 0 Å². The molecule has 1 aliphatic heterocycles. The van der Waals surface area contributed by atoms with Crippen LogP contribution in [0.15, 0.2) is 36.5 Å². The third kappa shape index (κ3) is 4.14. The Morgan fingerprint density at radius 2 is 1.89 bits per heavy atom. The average Bonchev–Trinajstić information content (AvgIpc) is 2.66. The van der Waals surface area contributed by atoms with Crippen molar-refractivity contribution in [3.05, 3.63) is 59.0 Å². The molecule has 3 aromatic rings. The summed E-state index contributed by atoms with van der Waals surface area (Å²) in [5.74, 6) is 0.642. The molecule has 0 bridgehead atoms. The van der Waals surface area contributed by atoms with E-state index in [2.05, 4.69) is 64.9 Å². The first-order valence-electron chi connectivity index (χ1n) is 10.1. The zero-order valence-corrected chi connectivity index (χ0v) is 16.9. The molecule has 0 spiro atoms. The summed E-state index contributed by atoms with van der Waals surface area (Å²) in [6, 6.07) is 11.0. The predicted octanol–water partition coefficient (Wildman–Crippen LogP) is 4.36. The van der Waals surface area contributed by atoms with E-state index in [0.29, 0.717) is 12.0 Å². The zero-order chi connectivity index (χ0) is 19.7. The number of aromatic nitrogens is 3. The summed E-state index contributed by atoms with van der Waals surface area (Å²) in [4.78, 5) is 15.5. The fourth-order valence-electron chi connectivity index (χ4n) is 4.48. The SMILES string of the molecule is Cc1cc(CC2CCCN(C(C)c3ccc4nc(O)cnc4c3)C2)cc(C)n1. The molecule has 1 saturated heterocycles. The van der Waals surface area contributed by atoms with Crippen LogP contribution in [0.4, 0.5) is 0 Å². The number of hydrogen-bond acceptors (Lipinski definition) is 5. The third-order valence-corrected chi connectivity index (χ3v) is 5.80. The Bertz CT molecular complexity index is 967. The van der Waals surface area contributed by atoms with Crippen LogP contribution in [-0.4, -0.2) is 38.0 Å². The van der Waals surface area contributed by atoms with Gasteiger partial charge in [0.15, 0.2) is 0 Å². The highest BCUT2D eigenvalue weighted by Crippen LogP contribution is 2.29. The van der Waals surface area contributed by atoms with Crippen LogP contribution in [0.2, 0.25) is 0 Å². The fraction of sp³-hybridized carbons (Fsp3) is 0.435. The van der Waals surface area contributed by atoms with Gasteiger partial charge in [0.05, 0.1) is 17.2 Å². The van der Waals surface area contributed by atoms with Crippen LogP contribution in [0.25, 0.3) is 11.0 Å². The monoisotopic (exact) mass is 376 g/mol. The van der Waals surface area contributed by atoms with Crippen LogP contribution >= 0.6 is 0 Å². The van der Waals surface area contributed by atoms with Crippen molar-refractivity contribution in [1.82, 2.24) is 19.9 Å². The molecule has 2 atom stereocenters. The number of hydrogen-bond donors (Lipinski definition) is 1. The molecular formula is C23H28N4O. The lowest BCUT2D eigenvalue weighted by Gasteiger charge is -2.37. The second-order valence-corrected chi connectivity index (χ2v) is 8.12. The van der Waals surface area contributed by atoms with Gasteiger partial charge < -0.3 is 5.11 Å². The van der Waals surface area contributed by atoms with Crippen molar-refractivity contribution < 1.29 is 5.11 Å². The van der Waals surface area contributed by atoms with Gasteiger partial charge in [0, 0.05) is 24.0 Å². The summed E-state index contributed by atoms with van der Waals surface area (Å²) in [7, 11) is 0. The van der Waals surface area contributed by atoms with Crippen LogP contribution < -0.4 is 0 Å². The largest absolute Gasteiger partial charge is 0.492 e. The minimum Gasteiger partial charge on any atom is -0.492 e. The van der Waals surface area contributed by atoms with Gasteiger partial charge in [0.2, 0.25) is 5.88 Å². The van der Waals surface area contributed by atoms with Gasteiger partial charge in [-0.1, -0.05) is 6.07 Å². The average molecular weight is 377 g/mol. The Kier molecular flexibility index (Phi) is 5.27. The van der Waals surface area contributed by atoms with Gasteiger partial charge in [0.25, 0.3) is 0 Å². The molecule has 2 aromatic heterocycles. The molecule has 0 radical (unpaired) electrons. The van der Waals surface area contributed by atoms with Gasteiger partial charge in [-0.25, -0.2) is 9.97 Å². The van der Waals surface area contributed by atoms with Gasteiger partial charge in [-0.3, -0.25) is 9.88 Å². The van der Waals surface area contributed by atoms with E-state index in [1.54, 1.807) is 0 Å². The molecule has 3 heterocycles. The summed E-state index contributed by atoms with van der Waals surface area (Å²) in [6.45, 7) is 8.67. The smallest absolute Gasteiger partial charge is 0.230 e. The molecule has 0 amide bonds. The molecule has 146 valence electrons. The number of piperidine rings is 1. The Labute approximate surface area is 166 Å². The first-order chi connectivity index (χ1) is 13.5. The van der Waals surface area contributed by atoms with Crippen molar-refractivity contribution in [3.8, 4) is 5.88 Å². The predicted molar refractivity (Wildman–Crippen MR) is 111 cm³/mol. The van der Waals surface area contributed by atoms with Crippen LogP contribution in [0.5, 0.6) is 5.88 Å². The van der Waals surface area contributed by atoms with Crippen molar-refractivity contribution in [2.24, 2.45) is 5.92 Å². The van der Waals surface area contributed by atoms with Crippen molar-refractivity contribution in [1.29, 1.82) is 0 Å². The highest BCUT2D eigenvalue weighted by molar-refractivity contribution is 5.75. The van der Waals surface area contributed by atoms with Gasteiger partial charge in [-0.15, -0.1) is 0 Å². The van der Waals surface area contributed by atoms with E-state index in [0.717, 1.165) is 41.9 Å². The number of fused-ring (bicyclic) bond motifs is 1. The Balaban J connectivity index is 1.48. The lowest BCUT2D eigenvalue weighted by Crippen LogP contribution is -2.38. The highest BCUT2D eigenvalue weighted by Gasteiger charge is 2.25. The number of benzene rings is 1. The molecular weight excluding hydrogens is 348 g/mol. The molecule has 5 nitrogen and oxygen atoms in total. The number of pyridine rings is 1. The minimum absolute atomic E-state index is 0.0336. The minimum atomic E-state index is -0.0336. The molecule has 5 heteroatoms. The molecule has 1 fully saturated rings. The second-order valence-electron chi connectivity index (χ2n) is 8.12. The quantitative estimate of drug-likeness (QED) is 0.733. The molecule has 0 aliphatic carbocycles. The topological polar surface area (TPSA) is 62.1 Å². The van der Waals surface area contributed by atoms with Crippen molar-refractivity contribution in [3.63, 3.8) is 0 Å². The summed E-state index contributed by atoms with van der Waals surface area (Å²) in [5, 5.41) is 9.51. The molecule has 1 aliphatic rings. The fourth-order valence-corrected chi connectivity index (χ4v) is 4.48. The molecule has 2 unspecified atom stereocenters. The summed E-state index contributed by atoms with van der Waals surface area (Å²) in [5.41, 5.74) is 6.45. The first kappa shape index (κ1) is 18.8.